The molecule has 1 aromatic carbocycles. The van der Waals surface area contributed by atoms with Crippen molar-refractivity contribution in [2.24, 2.45) is 0 Å². The number of halogens is 3. The molecule has 2 heterocycles. The van der Waals surface area contributed by atoms with Crippen LogP contribution in [-0.4, -0.2) is 21.0 Å². The number of aliphatic carboxylic acids is 1. The summed E-state index contributed by atoms with van der Waals surface area (Å²) in [6.45, 7) is 0. The van der Waals surface area contributed by atoms with Gasteiger partial charge in [0.15, 0.2) is 5.16 Å². The van der Waals surface area contributed by atoms with Crippen molar-refractivity contribution in [3.05, 3.63) is 65.2 Å². The average molecular weight is 396 g/mol. The summed E-state index contributed by atoms with van der Waals surface area (Å²) in [5.74, 6) is -1.18. The van der Waals surface area contributed by atoms with Crippen molar-refractivity contribution in [2.45, 2.75) is 16.6 Å². The van der Waals surface area contributed by atoms with Crippen molar-refractivity contribution in [1.29, 1.82) is 0 Å². The molecule has 0 fully saturated rings. The highest BCUT2D eigenvalue weighted by atomic mass is 32.2. The van der Waals surface area contributed by atoms with Gasteiger partial charge in [0, 0.05) is 0 Å². The fraction of sp³-hybridized carbons (Fsp3) is 0.118. The molecule has 1 atom stereocenters. The maximum Gasteiger partial charge on any atom is 0.433 e. The summed E-state index contributed by atoms with van der Waals surface area (Å²) in [4.78, 5) is 19.8. The average Bonchev–Trinajstić information content (AvgIpc) is 3.14. The number of carbonyl (C=O) groups is 1. The first-order valence-electron chi connectivity index (χ1n) is 7.29. The predicted molar refractivity (Wildman–Crippen MR) is 93.0 cm³/mol. The van der Waals surface area contributed by atoms with Crippen LogP contribution in [0.4, 0.5) is 13.2 Å². The Balaban J connectivity index is 2.03. The van der Waals surface area contributed by atoms with E-state index in [1.165, 1.54) is 11.3 Å². The summed E-state index contributed by atoms with van der Waals surface area (Å²) in [6.07, 6.45) is -4.66. The molecular formula is C17H11F3N2O2S2. The van der Waals surface area contributed by atoms with Crippen LogP contribution in [0.25, 0.3) is 10.6 Å². The summed E-state index contributed by atoms with van der Waals surface area (Å²) >= 11 is 1.92. The molecule has 2 aromatic heterocycles. The van der Waals surface area contributed by atoms with Gasteiger partial charge in [-0.1, -0.05) is 48.2 Å². The highest BCUT2D eigenvalue weighted by Gasteiger charge is 2.34. The third kappa shape index (κ3) is 4.23. The van der Waals surface area contributed by atoms with E-state index in [0.29, 0.717) is 22.2 Å². The van der Waals surface area contributed by atoms with E-state index in [1.54, 1.807) is 47.8 Å². The molecule has 0 unspecified atom stereocenters. The van der Waals surface area contributed by atoms with Gasteiger partial charge < -0.3 is 5.11 Å². The van der Waals surface area contributed by atoms with Crippen LogP contribution in [0.2, 0.25) is 0 Å². The molecule has 26 heavy (non-hydrogen) atoms. The molecule has 0 saturated carbocycles. The van der Waals surface area contributed by atoms with Crippen LogP contribution >= 0.6 is 23.1 Å². The molecule has 1 N–H and O–H groups in total. The van der Waals surface area contributed by atoms with Crippen molar-refractivity contribution < 1.29 is 23.1 Å². The van der Waals surface area contributed by atoms with E-state index in [-0.39, 0.29) is 10.9 Å². The number of carboxylic acid groups (broad SMARTS) is 1. The Morgan fingerprint density at radius 2 is 1.85 bits per heavy atom. The van der Waals surface area contributed by atoms with Crippen molar-refractivity contribution in [1.82, 2.24) is 9.97 Å². The lowest BCUT2D eigenvalue weighted by Crippen LogP contribution is -2.12. The summed E-state index contributed by atoms with van der Waals surface area (Å²) in [6, 6.07) is 12.5. The number of alkyl halides is 3. The molecule has 3 rings (SSSR count). The molecule has 0 aliphatic heterocycles. The summed E-state index contributed by atoms with van der Waals surface area (Å²) in [5.41, 5.74) is -0.540. The predicted octanol–water partition coefficient (Wildman–Crippen LogP) is 5.14. The smallest absolute Gasteiger partial charge is 0.433 e. The lowest BCUT2D eigenvalue weighted by molar-refractivity contribution is -0.141. The second-order valence-corrected chi connectivity index (χ2v) is 7.16. The molecule has 134 valence electrons. The number of hydrogen-bond donors (Lipinski definition) is 1. The summed E-state index contributed by atoms with van der Waals surface area (Å²) in [7, 11) is 0. The van der Waals surface area contributed by atoms with E-state index in [2.05, 4.69) is 9.97 Å². The van der Waals surface area contributed by atoms with Gasteiger partial charge in [-0.25, -0.2) is 9.97 Å². The van der Waals surface area contributed by atoms with E-state index in [0.717, 1.165) is 6.07 Å². The maximum atomic E-state index is 13.2. The normalized spacial score (nSPS) is 12.7. The Hall–Kier alpha value is -2.39. The topological polar surface area (TPSA) is 63.1 Å². The first-order chi connectivity index (χ1) is 12.3. The Bertz CT molecular complexity index is 900. The second kappa shape index (κ2) is 7.46. The minimum Gasteiger partial charge on any atom is -0.480 e. The molecule has 3 aromatic rings. The van der Waals surface area contributed by atoms with Crippen molar-refractivity contribution in [3.63, 3.8) is 0 Å². The van der Waals surface area contributed by atoms with Gasteiger partial charge in [0.1, 0.15) is 10.9 Å². The van der Waals surface area contributed by atoms with Gasteiger partial charge >= 0.3 is 12.1 Å². The zero-order chi connectivity index (χ0) is 18.7. The lowest BCUT2D eigenvalue weighted by Gasteiger charge is -2.14. The third-order valence-corrected chi connectivity index (χ3v) is 5.31. The van der Waals surface area contributed by atoms with Crippen molar-refractivity contribution in [3.8, 4) is 10.6 Å². The molecule has 0 spiro atoms. The van der Waals surface area contributed by atoms with Crippen LogP contribution in [0.5, 0.6) is 0 Å². The van der Waals surface area contributed by atoms with E-state index < -0.39 is 23.1 Å². The fourth-order valence-electron chi connectivity index (χ4n) is 2.17. The monoisotopic (exact) mass is 396 g/mol. The number of thioether (sulfide) groups is 1. The number of aromatic nitrogens is 2. The Morgan fingerprint density at radius 3 is 2.42 bits per heavy atom. The Labute approximate surface area is 154 Å². The van der Waals surface area contributed by atoms with Gasteiger partial charge in [-0.15, -0.1) is 11.3 Å². The quantitative estimate of drug-likeness (QED) is 0.478. The summed E-state index contributed by atoms with van der Waals surface area (Å²) in [5, 5.41) is 9.85. The number of rotatable bonds is 5. The number of thiophene rings is 1. The third-order valence-electron chi connectivity index (χ3n) is 3.32. The first-order valence-corrected chi connectivity index (χ1v) is 9.05. The van der Waals surface area contributed by atoms with Crippen LogP contribution in [0.3, 0.4) is 0 Å². The zero-order valence-corrected chi connectivity index (χ0v) is 14.6. The highest BCUT2D eigenvalue weighted by molar-refractivity contribution is 8.00. The molecule has 4 nitrogen and oxygen atoms in total. The van der Waals surface area contributed by atoms with Crippen LogP contribution in [0.15, 0.2) is 59.1 Å². The fourth-order valence-corrected chi connectivity index (χ4v) is 3.76. The largest absolute Gasteiger partial charge is 0.480 e. The van der Waals surface area contributed by atoms with Gasteiger partial charge in [-0.3, -0.25) is 4.79 Å². The second-order valence-electron chi connectivity index (χ2n) is 5.14. The van der Waals surface area contributed by atoms with Crippen LogP contribution < -0.4 is 0 Å². The van der Waals surface area contributed by atoms with E-state index >= 15 is 0 Å². The summed E-state index contributed by atoms with van der Waals surface area (Å²) < 4.78 is 39.6. The molecule has 0 bridgehead atoms. The van der Waals surface area contributed by atoms with Gasteiger partial charge in [0.05, 0.1) is 10.6 Å². The van der Waals surface area contributed by atoms with Gasteiger partial charge in [-0.05, 0) is 23.1 Å². The van der Waals surface area contributed by atoms with Crippen LogP contribution in [-0.2, 0) is 11.0 Å². The lowest BCUT2D eigenvalue weighted by atomic mass is 10.1. The first kappa shape index (κ1) is 18.4. The minimum atomic E-state index is -4.66. The Morgan fingerprint density at radius 1 is 1.12 bits per heavy atom. The maximum absolute atomic E-state index is 13.2. The van der Waals surface area contributed by atoms with Crippen LogP contribution in [0.1, 0.15) is 16.5 Å². The number of benzene rings is 1. The van der Waals surface area contributed by atoms with Crippen LogP contribution in [0, 0.1) is 0 Å². The molecule has 0 aliphatic rings. The van der Waals surface area contributed by atoms with Crippen molar-refractivity contribution >= 4 is 29.1 Å². The SMILES string of the molecule is O=C(O)[C@@H](Sc1nc(-c2cccs2)cc(C(F)(F)F)n1)c1ccccc1. The molecule has 0 aliphatic carbocycles. The van der Waals surface area contributed by atoms with E-state index in [4.69, 9.17) is 0 Å². The minimum absolute atomic E-state index is 0.113. The van der Waals surface area contributed by atoms with E-state index in [1.807, 2.05) is 0 Å². The standard InChI is InChI=1S/C17H11F3N2O2S2/c18-17(19,20)13-9-11(12-7-4-8-25-12)21-16(22-13)26-14(15(23)24)10-5-2-1-3-6-10/h1-9,14H,(H,23,24)/t14-/m0/s1. The Kier molecular flexibility index (Phi) is 5.28. The van der Waals surface area contributed by atoms with Gasteiger partial charge in [0.25, 0.3) is 0 Å². The number of carboxylic acids is 1. The van der Waals surface area contributed by atoms with Crippen molar-refractivity contribution in [2.75, 3.05) is 0 Å². The number of hydrogen-bond acceptors (Lipinski definition) is 5. The molecular weight excluding hydrogens is 385 g/mol. The molecule has 0 saturated heterocycles. The van der Waals surface area contributed by atoms with Gasteiger partial charge in [-0.2, -0.15) is 13.2 Å². The van der Waals surface area contributed by atoms with E-state index in [9.17, 15) is 23.1 Å². The molecule has 9 heteroatoms. The highest BCUT2D eigenvalue weighted by Crippen LogP contribution is 2.37. The molecule has 0 amide bonds. The zero-order valence-electron chi connectivity index (χ0n) is 13.0. The number of nitrogens with zero attached hydrogens (tertiary/aromatic N) is 2. The van der Waals surface area contributed by atoms with Gasteiger partial charge in [0.2, 0.25) is 0 Å². The molecule has 0 radical (unpaired) electrons.